The highest BCUT2D eigenvalue weighted by molar-refractivity contribution is 7.98. The van der Waals surface area contributed by atoms with E-state index in [1.165, 1.54) is 0 Å². The Morgan fingerprint density at radius 3 is 1.83 bits per heavy atom. The fourth-order valence-corrected chi connectivity index (χ4v) is 3.31. The van der Waals surface area contributed by atoms with E-state index in [0.29, 0.717) is 5.75 Å². The third kappa shape index (κ3) is 3.42. The van der Waals surface area contributed by atoms with Crippen molar-refractivity contribution in [2.45, 2.75) is 57.5 Å². The fraction of sp³-hybridized carbons (Fsp3) is 0.526. The number of nitrogens with zero attached hydrogens (tertiary/aromatic N) is 2. The molecule has 3 nitrogen and oxygen atoms in total. The third-order valence-corrected chi connectivity index (χ3v) is 4.89. The average molecular weight is 333 g/mol. The highest BCUT2D eigenvalue weighted by atomic mass is 32.2. The minimum Gasteiger partial charge on any atom is -0.507 e. The molecule has 0 saturated heterocycles. The van der Waals surface area contributed by atoms with E-state index in [2.05, 4.69) is 63.2 Å². The molecule has 0 bridgehead atoms. The molecule has 0 amide bonds. The zero-order chi connectivity index (χ0) is 17.6. The van der Waals surface area contributed by atoms with Gasteiger partial charge in [0.2, 0.25) is 0 Å². The van der Waals surface area contributed by atoms with E-state index in [9.17, 15) is 5.11 Å². The minimum atomic E-state index is -0.124. The molecule has 0 atom stereocenters. The molecule has 126 valence electrons. The van der Waals surface area contributed by atoms with Gasteiger partial charge in [-0.3, -0.25) is 0 Å². The third-order valence-electron chi connectivity index (χ3n) is 4.15. The Hall–Kier alpha value is -1.42. The molecule has 4 heteroatoms. The molecule has 0 saturated carbocycles. The molecule has 1 N–H and O–H groups in total. The van der Waals surface area contributed by atoms with Gasteiger partial charge in [-0.2, -0.15) is 0 Å². The first-order valence-electron chi connectivity index (χ1n) is 7.91. The van der Waals surface area contributed by atoms with Gasteiger partial charge < -0.3 is 9.67 Å². The zero-order valence-corrected chi connectivity index (χ0v) is 16.3. The highest BCUT2D eigenvalue weighted by Crippen LogP contribution is 2.42. The molecular formula is C19H28N2OS. The van der Waals surface area contributed by atoms with Crippen LogP contribution in [0.4, 0.5) is 0 Å². The van der Waals surface area contributed by atoms with Crippen molar-refractivity contribution in [1.29, 1.82) is 0 Å². The number of phenols is 1. The predicted octanol–water partition coefficient (Wildman–Crippen LogP) is 5.11. The molecule has 23 heavy (non-hydrogen) atoms. The Balaban J connectivity index is 2.77. The maximum absolute atomic E-state index is 10.8. The lowest BCUT2D eigenvalue weighted by Crippen LogP contribution is -2.17. The van der Waals surface area contributed by atoms with Crippen LogP contribution in [0.15, 0.2) is 23.5 Å². The van der Waals surface area contributed by atoms with E-state index in [1.54, 1.807) is 11.8 Å². The number of benzene rings is 1. The summed E-state index contributed by atoms with van der Waals surface area (Å²) in [4.78, 5) is 4.48. The number of rotatable bonds is 2. The number of hydrogen-bond donors (Lipinski definition) is 1. The molecule has 1 heterocycles. The lowest BCUT2D eigenvalue weighted by atomic mass is 9.78. The second kappa shape index (κ2) is 5.90. The minimum absolute atomic E-state index is 0.124. The van der Waals surface area contributed by atoms with E-state index in [1.807, 2.05) is 19.5 Å². The highest BCUT2D eigenvalue weighted by Gasteiger charge is 2.27. The summed E-state index contributed by atoms with van der Waals surface area (Å²) >= 11 is 1.64. The average Bonchev–Trinajstić information content (AvgIpc) is 2.77. The topological polar surface area (TPSA) is 38.1 Å². The van der Waals surface area contributed by atoms with Crippen molar-refractivity contribution in [2.24, 2.45) is 7.05 Å². The number of hydrogen-bond acceptors (Lipinski definition) is 3. The van der Waals surface area contributed by atoms with Gasteiger partial charge >= 0.3 is 0 Å². The first-order chi connectivity index (χ1) is 10.5. The normalized spacial score (nSPS) is 12.7. The van der Waals surface area contributed by atoms with Gasteiger partial charge in [-0.05, 0) is 29.2 Å². The molecule has 0 radical (unpaired) electrons. The van der Waals surface area contributed by atoms with Crippen LogP contribution < -0.4 is 0 Å². The van der Waals surface area contributed by atoms with Crippen molar-refractivity contribution in [1.82, 2.24) is 9.55 Å². The molecule has 0 aliphatic rings. The van der Waals surface area contributed by atoms with Gasteiger partial charge in [0.15, 0.2) is 5.16 Å². The summed E-state index contributed by atoms with van der Waals surface area (Å²) in [5, 5.41) is 11.8. The van der Waals surface area contributed by atoms with Crippen molar-refractivity contribution in [2.75, 3.05) is 6.26 Å². The largest absolute Gasteiger partial charge is 0.507 e. The summed E-state index contributed by atoms with van der Waals surface area (Å²) in [5.74, 6) is 0.418. The fourth-order valence-electron chi connectivity index (χ4n) is 2.78. The Bertz CT molecular complexity index is 683. The Morgan fingerprint density at radius 2 is 1.48 bits per heavy atom. The van der Waals surface area contributed by atoms with Crippen molar-refractivity contribution in [3.05, 3.63) is 29.5 Å². The second-order valence-corrected chi connectivity index (χ2v) is 8.88. The Kier molecular flexibility index (Phi) is 4.60. The van der Waals surface area contributed by atoms with Crippen LogP contribution >= 0.6 is 11.8 Å². The van der Waals surface area contributed by atoms with Crippen LogP contribution in [0.1, 0.15) is 52.7 Å². The van der Waals surface area contributed by atoms with Crippen molar-refractivity contribution in [3.63, 3.8) is 0 Å². The maximum atomic E-state index is 10.8. The first kappa shape index (κ1) is 17.9. The smallest absolute Gasteiger partial charge is 0.167 e. The monoisotopic (exact) mass is 332 g/mol. The summed E-state index contributed by atoms with van der Waals surface area (Å²) in [6.45, 7) is 12.8. The van der Waals surface area contributed by atoms with Gasteiger partial charge in [0.25, 0.3) is 0 Å². The standard InChI is InChI=1S/C19H28N2OS/c1-18(2,3)13-9-12(10-14(16(13)22)19(4,5)6)15-11-20-17(23-8)21(15)7/h9-11,22H,1-8H3. The lowest BCUT2D eigenvalue weighted by molar-refractivity contribution is 0.423. The van der Waals surface area contributed by atoms with E-state index in [0.717, 1.165) is 27.5 Å². The molecule has 0 fully saturated rings. The van der Waals surface area contributed by atoms with E-state index < -0.39 is 0 Å². The molecule has 0 aliphatic carbocycles. The van der Waals surface area contributed by atoms with Crippen LogP contribution in [-0.4, -0.2) is 20.9 Å². The SMILES string of the molecule is CSc1ncc(-c2cc(C(C)(C)C)c(O)c(C(C)(C)C)c2)n1C. The number of thioether (sulfide) groups is 1. The van der Waals surface area contributed by atoms with E-state index >= 15 is 0 Å². The van der Waals surface area contributed by atoms with Crippen molar-refractivity contribution >= 4 is 11.8 Å². The quantitative estimate of drug-likeness (QED) is 0.777. The number of imidazole rings is 1. The van der Waals surface area contributed by atoms with Crippen LogP contribution in [0.2, 0.25) is 0 Å². The summed E-state index contributed by atoms with van der Waals surface area (Å²) in [6.07, 6.45) is 3.95. The first-order valence-corrected chi connectivity index (χ1v) is 9.13. The van der Waals surface area contributed by atoms with Gasteiger partial charge in [-0.1, -0.05) is 53.3 Å². The van der Waals surface area contributed by atoms with Gasteiger partial charge in [0, 0.05) is 23.7 Å². The molecule has 2 aromatic rings. The molecular weight excluding hydrogens is 304 g/mol. The van der Waals surface area contributed by atoms with Crippen LogP contribution in [0.3, 0.4) is 0 Å². The lowest BCUT2D eigenvalue weighted by Gasteiger charge is -2.28. The summed E-state index contributed by atoms with van der Waals surface area (Å²) < 4.78 is 2.11. The zero-order valence-electron chi connectivity index (χ0n) is 15.5. The molecule has 0 unspecified atom stereocenters. The van der Waals surface area contributed by atoms with Crippen LogP contribution in [-0.2, 0) is 17.9 Å². The molecule has 1 aromatic carbocycles. The van der Waals surface area contributed by atoms with Crippen LogP contribution in [0, 0.1) is 0 Å². The number of aromatic hydroxyl groups is 1. The molecule has 0 spiro atoms. The van der Waals surface area contributed by atoms with Crippen molar-refractivity contribution in [3.8, 4) is 17.0 Å². The second-order valence-electron chi connectivity index (χ2n) is 8.11. The van der Waals surface area contributed by atoms with Crippen LogP contribution in [0.25, 0.3) is 11.3 Å². The van der Waals surface area contributed by atoms with Gasteiger partial charge in [0.1, 0.15) is 5.75 Å². The predicted molar refractivity (Wildman–Crippen MR) is 99.5 cm³/mol. The maximum Gasteiger partial charge on any atom is 0.167 e. The summed E-state index contributed by atoms with van der Waals surface area (Å²) in [5.41, 5.74) is 3.89. The molecule has 0 aliphatic heterocycles. The summed E-state index contributed by atoms with van der Waals surface area (Å²) in [6, 6.07) is 4.21. The van der Waals surface area contributed by atoms with Crippen LogP contribution in [0.5, 0.6) is 5.75 Å². The number of aromatic nitrogens is 2. The number of phenolic OH excluding ortho intramolecular Hbond substituents is 1. The van der Waals surface area contributed by atoms with E-state index in [-0.39, 0.29) is 10.8 Å². The molecule has 2 rings (SSSR count). The van der Waals surface area contributed by atoms with Gasteiger partial charge in [-0.25, -0.2) is 4.98 Å². The Labute approximate surface area is 144 Å². The summed E-state index contributed by atoms with van der Waals surface area (Å²) in [7, 11) is 2.04. The van der Waals surface area contributed by atoms with Gasteiger partial charge in [0.05, 0.1) is 11.9 Å². The molecule has 1 aromatic heterocycles. The van der Waals surface area contributed by atoms with E-state index in [4.69, 9.17) is 0 Å². The Morgan fingerprint density at radius 1 is 1.00 bits per heavy atom. The van der Waals surface area contributed by atoms with Gasteiger partial charge in [-0.15, -0.1) is 0 Å². The van der Waals surface area contributed by atoms with Crippen molar-refractivity contribution < 1.29 is 5.11 Å².